The highest BCUT2D eigenvalue weighted by molar-refractivity contribution is 6.21. The van der Waals surface area contributed by atoms with Crippen LogP contribution in [0.15, 0.2) is 54.6 Å². The van der Waals surface area contributed by atoms with Gasteiger partial charge in [0.1, 0.15) is 0 Å². The van der Waals surface area contributed by atoms with Crippen LogP contribution >= 0.6 is 0 Å². The summed E-state index contributed by atoms with van der Waals surface area (Å²) in [5.74, 6) is -0.599. The molecule has 6 heteroatoms. The lowest BCUT2D eigenvalue weighted by molar-refractivity contribution is -0.133. The highest BCUT2D eigenvalue weighted by Crippen LogP contribution is 2.31. The number of aliphatic hydroxyl groups is 1. The summed E-state index contributed by atoms with van der Waals surface area (Å²) in [7, 11) is 0. The maximum Gasteiger partial charge on any atom is 0.261 e. The lowest BCUT2D eigenvalue weighted by Gasteiger charge is -2.34. The summed E-state index contributed by atoms with van der Waals surface area (Å²) in [6.07, 6.45) is 1.06. The maximum absolute atomic E-state index is 12.6. The fourth-order valence-electron chi connectivity index (χ4n) is 4.19. The van der Waals surface area contributed by atoms with E-state index in [9.17, 15) is 19.5 Å². The summed E-state index contributed by atoms with van der Waals surface area (Å²) < 4.78 is 0. The Kier molecular flexibility index (Phi) is 5.45. The molecule has 1 atom stereocenters. The summed E-state index contributed by atoms with van der Waals surface area (Å²) in [5, 5.41) is 10.6. The van der Waals surface area contributed by atoms with E-state index in [2.05, 4.69) is 0 Å². The molecule has 0 aromatic heterocycles. The predicted molar refractivity (Wildman–Crippen MR) is 107 cm³/mol. The van der Waals surface area contributed by atoms with Crippen molar-refractivity contribution in [3.8, 4) is 0 Å². The standard InChI is InChI=1S/C23H24N2O4/c26-20(12-15-25-22(28)18-8-4-5-9-19(18)23(25)29)24-13-10-17(11-14-24)21(27)16-6-2-1-3-7-16/h1-9,17,21,27H,10-15H2. The van der Waals surface area contributed by atoms with Crippen LogP contribution in [0.25, 0.3) is 0 Å². The van der Waals surface area contributed by atoms with Gasteiger partial charge in [0.25, 0.3) is 11.8 Å². The van der Waals surface area contributed by atoms with Gasteiger partial charge in [0.2, 0.25) is 5.91 Å². The summed E-state index contributed by atoms with van der Waals surface area (Å²) >= 11 is 0. The lowest BCUT2D eigenvalue weighted by Crippen LogP contribution is -2.41. The molecule has 3 amide bonds. The van der Waals surface area contributed by atoms with Gasteiger partial charge in [-0.25, -0.2) is 0 Å². The van der Waals surface area contributed by atoms with E-state index in [4.69, 9.17) is 0 Å². The van der Waals surface area contributed by atoms with Crippen molar-refractivity contribution in [2.75, 3.05) is 19.6 Å². The van der Waals surface area contributed by atoms with E-state index in [-0.39, 0.29) is 36.6 Å². The van der Waals surface area contributed by atoms with Crippen molar-refractivity contribution in [1.29, 1.82) is 0 Å². The van der Waals surface area contributed by atoms with Crippen molar-refractivity contribution in [2.45, 2.75) is 25.4 Å². The molecule has 2 aromatic carbocycles. The Morgan fingerprint density at radius 3 is 2.07 bits per heavy atom. The van der Waals surface area contributed by atoms with E-state index in [0.29, 0.717) is 24.2 Å². The fraction of sp³-hybridized carbons (Fsp3) is 0.348. The van der Waals surface area contributed by atoms with Crippen LogP contribution in [-0.2, 0) is 4.79 Å². The Hall–Kier alpha value is -2.99. The smallest absolute Gasteiger partial charge is 0.261 e. The quantitative estimate of drug-likeness (QED) is 0.794. The second kappa shape index (κ2) is 8.17. The average Bonchev–Trinajstić information content (AvgIpc) is 3.02. The molecule has 1 N–H and O–H groups in total. The number of rotatable bonds is 5. The van der Waals surface area contributed by atoms with Crippen LogP contribution in [0.4, 0.5) is 0 Å². The number of fused-ring (bicyclic) bond motifs is 1. The first-order chi connectivity index (χ1) is 14.1. The molecule has 2 aliphatic rings. The molecule has 1 fully saturated rings. The number of aliphatic hydroxyl groups excluding tert-OH is 1. The number of hydrogen-bond acceptors (Lipinski definition) is 4. The van der Waals surface area contributed by atoms with Gasteiger partial charge in [-0.2, -0.15) is 0 Å². The molecule has 29 heavy (non-hydrogen) atoms. The SMILES string of the molecule is O=C(CCN1C(=O)c2ccccc2C1=O)N1CCC(C(O)c2ccccc2)CC1. The monoisotopic (exact) mass is 392 g/mol. The first-order valence-corrected chi connectivity index (χ1v) is 10.0. The summed E-state index contributed by atoms with van der Waals surface area (Å²) in [4.78, 5) is 40.3. The molecule has 2 heterocycles. The molecule has 0 aliphatic carbocycles. The van der Waals surface area contributed by atoms with Gasteiger partial charge in [-0.1, -0.05) is 42.5 Å². The molecule has 1 saturated heterocycles. The van der Waals surface area contributed by atoms with Crippen LogP contribution in [0.3, 0.4) is 0 Å². The van der Waals surface area contributed by atoms with E-state index in [1.54, 1.807) is 29.2 Å². The number of carbonyl (C=O) groups is 3. The normalized spacial score (nSPS) is 18.1. The molecular formula is C23H24N2O4. The number of piperidine rings is 1. The molecule has 0 bridgehead atoms. The fourth-order valence-corrected chi connectivity index (χ4v) is 4.19. The third kappa shape index (κ3) is 3.80. The van der Waals surface area contributed by atoms with Crippen molar-refractivity contribution in [2.24, 2.45) is 5.92 Å². The first-order valence-electron chi connectivity index (χ1n) is 10.0. The highest BCUT2D eigenvalue weighted by Gasteiger charge is 2.35. The van der Waals surface area contributed by atoms with Crippen molar-refractivity contribution < 1.29 is 19.5 Å². The van der Waals surface area contributed by atoms with Crippen molar-refractivity contribution in [3.63, 3.8) is 0 Å². The Bertz CT molecular complexity index is 884. The first kappa shape index (κ1) is 19.3. The van der Waals surface area contributed by atoms with Crippen LogP contribution in [0, 0.1) is 5.92 Å². The number of nitrogens with zero attached hydrogens (tertiary/aromatic N) is 2. The highest BCUT2D eigenvalue weighted by atomic mass is 16.3. The number of hydrogen-bond donors (Lipinski definition) is 1. The van der Waals surface area contributed by atoms with Gasteiger partial charge in [0, 0.05) is 26.1 Å². The zero-order valence-corrected chi connectivity index (χ0v) is 16.2. The van der Waals surface area contributed by atoms with Gasteiger partial charge >= 0.3 is 0 Å². The minimum atomic E-state index is -0.521. The molecule has 6 nitrogen and oxygen atoms in total. The maximum atomic E-state index is 12.6. The zero-order valence-electron chi connectivity index (χ0n) is 16.2. The Balaban J connectivity index is 1.29. The van der Waals surface area contributed by atoms with Gasteiger partial charge in [-0.3, -0.25) is 19.3 Å². The molecule has 2 aromatic rings. The Morgan fingerprint density at radius 2 is 1.48 bits per heavy atom. The van der Waals surface area contributed by atoms with Gasteiger partial charge in [-0.05, 0) is 36.5 Å². The van der Waals surface area contributed by atoms with Crippen molar-refractivity contribution in [3.05, 3.63) is 71.3 Å². The molecule has 0 radical (unpaired) electrons. The van der Waals surface area contributed by atoms with Crippen LogP contribution in [0.2, 0.25) is 0 Å². The average molecular weight is 392 g/mol. The Labute approximate surface area is 169 Å². The van der Waals surface area contributed by atoms with Crippen molar-refractivity contribution >= 4 is 17.7 Å². The largest absolute Gasteiger partial charge is 0.388 e. The third-order valence-electron chi connectivity index (χ3n) is 5.91. The van der Waals surface area contributed by atoms with Crippen LogP contribution in [-0.4, -0.2) is 52.3 Å². The van der Waals surface area contributed by atoms with Crippen LogP contribution < -0.4 is 0 Å². The van der Waals surface area contributed by atoms with Crippen LogP contribution in [0.5, 0.6) is 0 Å². The number of imide groups is 1. The molecule has 0 saturated carbocycles. The summed E-state index contributed by atoms with van der Waals surface area (Å²) in [6.45, 7) is 1.25. The molecular weight excluding hydrogens is 368 g/mol. The third-order valence-corrected chi connectivity index (χ3v) is 5.91. The molecule has 4 rings (SSSR count). The molecule has 2 aliphatic heterocycles. The van der Waals surface area contributed by atoms with E-state index in [1.807, 2.05) is 30.3 Å². The number of likely N-dealkylation sites (tertiary alicyclic amines) is 1. The summed E-state index contributed by atoms with van der Waals surface area (Å²) in [5.41, 5.74) is 1.71. The van der Waals surface area contributed by atoms with E-state index < -0.39 is 6.10 Å². The number of amides is 3. The van der Waals surface area contributed by atoms with Crippen LogP contribution in [0.1, 0.15) is 51.6 Å². The number of carbonyl (C=O) groups excluding carboxylic acids is 3. The molecule has 150 valence electrons. The second-order valence-electron chi connectivity index (χ2n) is 7.63. The van der Waals surface area contributed by atoms with Gasteiger partial charge in [0.05, 0.1) is 17.2 Å². The minimum Gasteiger partial charge on any atom is -0.388 e. The molecule has 0 spiro atoms. The Morgan fingerprint density at radius 1 is 0.931 bits per heavy atom. The van der Waals surface area contributed by atoms with Gasteiger partial charge in [0.15, 0.2) is 0 Å². The minimum absolute atomic E-state index is 0.0609. The topological polar surface area (TPSA) is 77.9 Å². The number of benzene rings is 2. The van der Waals surface area contributed by atoms with Crippen molar-refractivity contribution in [1.82, 2.24) is 9.80 Å². The van der Waals surface area contributed by atoms with Gasteiger partial charge in [-0.15, -0.1) is 0 Å². The van der Waals surface area contributed by atoms with Gasteiger partial charge < -0.3 is 10.0 Å². The summed E-state index contributed by atoms with van der Waals surface area (Å²) in [6, 6.07) is 16.3. The van der Waals surface area contributed by atoms with E-state index >= 15 is 0 Å². The second-order valence-corrected chi connectivity index (χ2v) is 7.63. The van der Waals surface area contributed by atoms with E-state index in [1.165, 1.54) is 0 Å². The zero-order chi connectivity index (χ0) is 20.4. The molecule has 1 unspecified atom stereocenters. The predicted octanol–water partition coefficient (Wildman–Crippen LogP) is 2.64. The van der Waals surface area contributed by atoms with E-state index in [0.717, 1.165) is 23.3 Å². The lowest BCUT2D eigenvalue weighted by atomic mass is 9.87.